The largest absolute Gasteiger partial charge is 0.294 e. The van der Waals surface area contributed by atoms with E-state index in [0.717, 1.165) is 0 Å². The number of carbonyl (C=O) groups excluding carboxylic acids is 3. The monoisotopic (exact) mass is 278 g/mol. The topological polar surface area (TPSA) is 121 Å². The summed E-state index contributed by atoms with van der Waals surface area (Å²) in [5.41, 5.74) is -0.453. The number of H-pyrrole nitrogens is 1. The van der Waals surface area contributed by atoms with Crippen LogP contribution >= 0.6 is 0 Å². The van der Waals surface area contributed by atoms with Crippen LogP contribution in [0.15, 0.2) is 0 Å². The molecule has 0 aromatic carbocycles. The Morgan fingerprint density at radius 3 is 2.60 bits per heavy atom. The van der Waals surface area contributed by atoms with Gasteiger partial charge in [-0.3, -0.25) is 24.6 Å². The maximum Gasteiger partial charge on any atom is 0.246 e. The molecule has 3 rings (SSSR count). The van der Waals surface area contributed by atoms with Crippen LogP contribution in [0.25, 0.3) is 0 Å². The summed E-state index contributed by atoms with van der Waals surface area (Å²) >= 11 is 0. The van der Waals surface area contributed by atoms with Gasteiger partial charge in [0.15, 0.2) is 0 Å². The Labute approximate surface area is 114 Å². The van der Waals surface area contributed by atoms with Crippen molar-refractivity contribution in [3.8, 4) is 0 Å². The third kappa shape index (κ3) is 2.04. The van der Waals surface area contributed by atoms with E-state index < -0.39 is 5.54 Å². The van der Waals surface area contributed by atoms with Gasteiger partial charge < -0.3 is 0 Å². The summed E-state index contributed by atoms with van der Waals surface area (Å²) in [5, 5.41) is 15.2. The molecule has 9 nitrogen and oxygen atoms in total. The molecule has 106 valence electrons. The van der Waals surface area contributed by atoms with Gasteiger partial charge in [0.2, 0.25) is 23.7 Å². The second-order valence-corrected chi connectivity index (χ2v) is 5.15. The van der Waals surface area contributed by atoms with E-state index in [1.54, 1.807) is 0 Å². The lowest BCUT2D eigenvalue weighted by molar-refractivity contribution is -0.143. The van der Waals surface area contributed by atoms with Crippen molar-refractivity contribution in [1.29, 1.82) is 0 Å². The van der Waals surface area contributed by atoms with E-state index in [0.29, 0.717) is 32.1 Å². The zero-order valence-electron chi connectivity index (χ0n) is 10.8. The second-order valence-electron chi connectivity index (χ2n) is 5.15. The Balaban J connectivity index is 1.61. The summed E-state index contributed by atoms with van der Waals surface area (Å²) in [4.78, 5) is 36.7. The Kier molecular flexibility index (Phi) is 2.96. The minimum Gasteiger partial charge on any atom is -0.294 e. The molecule has 0 atom stereocenters. The maximum absolute atomic E-state index is 11.8. The van der Waals surface area contributed by atoms with Crippen molar-refractivity contribution in [2.45, 2.75) is 44.1 Å². The number of aromatic amines is 1. The van der Waals surface area contributed by atoms with Gasteiger partial charge >= 0.3 is 0 Å². The van der Waals surface area contributed by atoms with Crippen LogP contribution in [0.4, 0.5) is 5.95 Å². The van der Waals surface area contributed by atoms with Crippen LogP contribution < -0.4 is 5.32 Å². The maximum atomic E-state index is 11.8. The van der Waals surface area contributed by atoms with E-state index >= 15 is 0 Å². The van der Waals surface area contributed by atoms with Gasteiger partial charge in [0.1, 0.15) is 0 Å². The molecule has 20 heavy (non-hydrogen) atoms. The summed E-state index contributed by atoms with van der Waals surface area (Å²) in [6, 6.07) is 0. The molecule has 0 aliphatic carbocycles. The van der Waals surface area contributed by atoms with Crippen molar-refractivity contribution in [3.63, 3.8) is 0 Å². The van der Waals surface area contributed by atoms with Crippen LogP contribution in [0.5, 0.6) is 0 Å². The number of nitrogens with one attached hydrogen (secondary N) is 2. The minimum absolute atomic E-state index is 0.118. The fourth-order valence-electron chi connectivity index (χ4n) is 3.03. The van der Waals surface area contributed by atoms with E-state index in [4.69, 9.17) is 0 Å². The number of tetrazole rings is 1. The predicted octanol–water partition coefficient (Wildman–Crippen LogP) is -0.400. The van der Waals surface area contributed by atoms with Gasteiger partial charge in [-0.15, -0.1) is 0 Å². The fraction of sp³-hybridized carbons (Fsp3) is 0.636. The predicted molar refractivity (Wildman–Crippen MR) is 65.1 cm³/mol. The molecule has 2 N–H and O–H groups in total. The van der Waals surface area contributed by atoms with Crippen molar-refractivity contribution < 1.29 is 14.4 Å². The number of imide groups is 1. The van der Waals surface area contributed by atoms with E-state index in [2.05, 4.69) is 25.9 Å². The number of hydrogen-bond acceptors (Lipinski definition) is 6. The average molecular weight is 278 g/mol. The number of aromatic nitrogens is 4. The first-order chi connectivity index (χ1) is 9.61. The Morgan fingerprint density at radius 2 is 2.00 bits per heavy atom. The molecule has 3 heterocycles. The standard InChI is InChI=1S/C11H14N6O3/c18-7(12-10-13-15-16-14-10)1-4-11-5-2-8(19)17(11)9(20)3-6-11/h1-6H2,(H2,12,13,14,15,16,18). The molecule has 2 aliphatic rings. The molecule has 9 heteroatoms. The number of amides is 3. The highest BCUT2D eigenvalue weighted by Crippen LogP contribution is 2.43. The molecule has 3 amide bonds. The average Bonchev–Trinajstić information content (AvgIpc) is 3.09. The number of anilines is 1. The fourth-order valence-corrected chi connectivity index (χ4v) is 3.03. The summed E-state index contributed by atoms with van der Waals surface area (Å²) in [6.45, 7) is 0. The van der Waals surface area contributed by atoms with Crippen LogP contribution in [-0.4, -0.2) is 48.8 Å². The van der Waals surface area contributed by atoms with Crippen molar-refractivity contribution in [1.82, 2.24) is 25.5 Å². The molecule has 1 aromatic heterocycles. The van der Waals surface area contributed by atoms with Crippen molar-refractivity contribution >= 4 is 23.7 Å². The lowest BCUT2D eigenvalue weighted by Gasteiger charge is -2.30. The minimum atomic E-state index is -0.453. The number of carbonyl (C=O) groups is 3. The van der Waals surface area contributed by atoms with E-state index in [9.17, 15) is 14.4 Å². The highest BCUT2D eigenvalue weighted by molar-refractivity contribution is 6.00. The smallest absolute Gasteiger partial charge is 0.246 e. The lowest BCUT2D eigenvalue weighted by atomic mass is 9.89. The molecule has 0 unspecified atom stereocenters. The number of nitrogens with zero attached hydrogens (tertiary/aromatic N) is 4. The first-order valence-electron chi connectivity index (χ1n) is 6.50. The molecular weight excluding hydrogens is 264 g/mol. The molecule has 2 fully saturated rings. The van der Waals surface area contributed by atoms with Crippen molar-refractivity contribution in [2.24, 2.45) is 0 Å². The zero-order valence-corrected chi connectivity index (χ0v) is 10.8. The zero-order chi connectivity index (χ0) is 14.2. The normalized spacial score (nSPS) is 20.3. The molecule has 1 aromatic rings. The third-order valence-electron chi connectivity index (χ3n) is 4.00. The van der Waals surface area contributed by atoms with Gasteiger partial charge in [0.05, 0.1) is 5.54 Å². The highest BCUT2D eigenvalue weighted by Gasteiger charge is 2.52. The Bertz CT molecular complexity index is 535. The quantitative estimate of drug-likeness (QED) is 0.723. The van der Waals surface area contributed by atoms with E-state index in [1.165, 1.54) is 4.90 Å². The van der Waals surface area contributed by atoms with Gasteiger partial charge in [-0.05, 0) is 29.7 Å². The molecule has 0 bridgehead atoms. The Hall–Kier alpha value is -2.32. The highest BCUT2D eigenvalue weighted by atomic mass is 16.2. The molecule has 2 aliphatic heterocycles. The second kappa shape index (κ2) is 4.66. The van der Waals surface area contributed by atoms with Gasteiger partial charge in [0.25, 0.3) is 0 Å². The summed E-state index contributed by atoms with van der Waals surface area (Å²) in [7, 11) is 0. The van der Waals surface area contributed by atoms with Gasteiger partial charge in [-0.25, -0.2) is 5.10 Å². The molecule has 0 spiro atoms. The van der Waals surface area contributed by atoms with Gasteiger partial charge in [0, 0.05) is 19.3 Å². The first-order valence-corrected chi connectivity index (χ1v) is 6.50. The van der Waals surface area contributed by atoms with Gasteiger partial charge in [-0.1, -0.05) is 5.10 Å². The SMILES string of the molecule is O=C(CCC12CCC(=O)N1C(=O)CC2)Nc1nnn[nH]1. The molecular formula is C11H14N6O3. The molecule has 0 saturated carbocycles. The van der Waals surface area contributed by atoms with E-state index in [1.807, 2.05) is 0 Å². The number of rotatable bonds is 4. The van der Waals surface area contributed by atoms with Crippen LogP contribution in [0.3, 0.4) is 0 Å². The van der Waals surface area contributed by atoms with E-state index in [-0.39, 0.29) is 30.1 Å². The van der Waals surface area contributed by atoms with Crippen molar-refractivity contribution in [2.75, 3.05) is 5.32 Å². The summed E-state index contributed by atoms with van der Waals surface area (Å²) in [5.74, 6) is -0.286. The van der Waals surface area contributed by atoms with Crippen LogP contribution in [0, 0.1) is 0 Å². The van der Waals surface area contributed by atoms with Crippen LogP contribution in [0.2, 0.25) is 0 Å². The number of hydrogen-bond donors (Lipinski definition) is 2. The summed E-state index contributed by atoms with van der Waals surface area (Å²) in [6.07, 6.45) is 2.78. The first kappa shape index (κ1) is 12.7. The molecule has 0 radical (unpaired) electrons. The van der Waals surface area contributed by atoms with Crippen LogP contribution in [0.1, 0.15) is 38.5 Å². The third-order valence-corrected chi connectivity index (χ3v) is 4.00. The Morgan fingerprint density at radius 1 is 1.30 bits per heavy atom. The lowest BCUT2D eigenvalue weighted by Crippen LogP contribution is -2.43. The van der Waals surface area contributed by atoms with Crippen LogP contribution in [-0.2, 0) is 14.4 Å². The van der Waals surface area contributed by atoms with Gasteiger partial charge in [-0.2, -0.15) is 0 Å². The summed E-state index contributed by atoms with van der Waals surface area (Å²) < 4.78 is 0. The van der Waals surface area contributed by atoms with Crippen molar-refractivity contribution in [3.05, 3.63) is 0 Å². The molecule has 2 saturated heterocycles. The number of fused-ring (bicyclic) bond motifs is 1.